The molecule has 0 radical (unpaired) electrons. The fourth-order valence-corrected chi connectivity index (χ4v) is 3.71. The summed E-state index contributed by atoms with van der Waals surface area (Å²) in [6.07, 6.45) is 0. The van der Waals surface area contributed by atoms with E-state index in [1.165, 1.54) is 0 Å². The molecule has 0 aliphatic rings. The number of nitrogens with one attached hydrogen (secondary N) is 1. The lowest BCUT2D eigenvalue weighted by atomic mass is 10.1. The van der Waals surface area contributed by atoms with Crippen LogP contribution in [0.15, 0.2) is 53.7 Å². The molecule has 0 atom stereocenters. The highest BCUT2D eigenvalue weighted by atomic mass is 35.5. The number of benzene rings is 2. The summed E-state index contributed by atoms with van der Waals surface area (Å²) in [5.41, 5.74) is 2.73. The Morgan fingerprint density at radius 1 is 1.19 bits per heavy atom. The van der Waals surface area contributed by atoms with Crippen LogP contribution in [0.5, 0.6) is 0 Å². The fourth-order valence-electron chi connectivity index (χ4n) is 2.57. The number of aromatic nitrogens is 3. The lowest BCUT2D eigenvalue weighted by Crippen LogP contribution is -2.17. The lowest BCUT2D eigenvalue weighted by Gasteiger charge is -2.08. The second-order valence-corrected chi connectivity index (χ2v) is 7.00. The first-order chi connectivity index (χ1) is 12.6. The Morgan fingerprint density at radius 3 is 2.62 bits per heavy atom. The molecule has 3 aromatic rings. The van der Waals surface area contributed by atoms with Gasteiger partial charge in [-0.3, -0.25) is 4.79 Å². The smallest absolute Gasteiger partial charge is 0.251 e. The first kappa shape index (κ1) is 18.5. The van der Waals surface area contributed by atoms with Gasteiger partial charge in [0.1, 0.15) is 0 Å². The third kappa shape index (κ3) is 4.08. The van der Waals surface area contributed by atoms with Crippen molar-refractivity contribution in [3.8, 4) is 11.4 Å². The summed E-state index contributed by atoms with van der Waals surface area (Å²) >= 11 is 7.71. The molecule has 3 rings (SSSR count). The van der Waals surface area contributed by atoms with Crippen molar-refractivity contribution < 1.29 is 4.79 Å². The molecule has 2 aromatic carbocycles. The topological polar surface area (TPSA) is 59.8 Å². The maximum absolute atomic E-state index is 11.6. The van der Waals surface area contributed by atoms with E-state index in [9.17, 15) is 4.79 Å². The van der Waals surface area contributed by atoms with Gasteiger partial charge in [-0.25, -0.2) is 0 Å². The van der Waals surface area contributed by atoms with Crippen LogP contribution in [0.3, 0.4) is 0 Å². The molecule has 0 aliphatic carbocycles. The Balaban J connectivity index is 1.75. The van der Waals surface area contributed by atoms with Crippen LogP contribution >= 0.6 is 23.4 Å². The van der Waals surface area contributed by atoms with Crippen LogP contribution in [0.4, 0.5) is 0 Å². The van der Waals surface area contributed by atoms with E-state index in [0.29, 0.717) is 10.6 Å². The third-order valence-electron chi connectivity index (χ3n) is 3.93. The van der Waals surface area contributed by atoms with Gasteiger partial charge < -0.3 is 9.88 Å². The van der Waals surface area contributed by atoms with Crippen LogP contribution in [-0.2, 0) is 12.3 Å². The number of rotatable bonds is 6. The van der Waals surface area contributed by atoms with Crippen molar-refractivity contribution in [3.63, 3.8) is 0 Å². The summed E-state index contributed by atoms with van der Waals surface area (Å²) in [7, 11) is 1.63. The molecule has 1 heterocycles. The lowest BCUT2D eigenvalue weighted by molar-refractivity contribution is 0.0963. The number of thioether (sulfide) groups is 1. The van der Waals surface area contributed by atoms with Crippen molar-refractivity contribution in [3.05, 3.63) is 64.7 Å². The Labute approximate surface area is 161 Å². The van der Waals surface area contributed by atoms with Crippen LogP contribution in [0, 0.1) is 0 Å². The van der Waals surface area contributed by atoms with E-state index >= 15 is 0 Å². The molecular weight excluding hydrogens is 368 g/mol. The summed E-state index contributed by atoms with van der Waals surface area (Å²) in [6, 6.07) is 15.2. The number of halogens is 1. The quantitative estimate of drug-likeness (QED) is 0.642. The van der Waals surface area contributed by atoms with Crippen LogP contribution in [-0.4, -0.2) is 27.7 Å². The monoisotopic (exact) mass is 386 g/mol. The minimum Gasteiger partial charge on any atom is -0.355 e. The van der Waals surface area contributed by atoms with Crippen LogP contribution in [0.25, 0.3) is 11.4 Å². The van der Waals surface area contributed by atoms with Crippen molar-refractivity contribution in [2.24, 2.45) is 0 Å². The van der Waals surface area contributed by atoms with E-state index in [4.69, 9.17) is 11.6 Å². The van der Waals surface area contributed by atoms with Crippen LogP contribution in [0.2, 0.25) is 5.02 Å². The largest absolute Gasteiger partial charge is 0.355 e. The Hall–Kier alpha value is -2.31. The molecule has 5 nitrogen and oxygen atoms in total. The van der Waals surface area contributed by atoms with E-state index in [2.05, 4.69) is 27.0 Å². The molecule has 0 saturated carbocycles. The Kier molecular flexibility index (Phi) is 5.96. The zero-order valence-electron chi connectivity index (χ0n) is 14.6. The number of hydrogen-bond acceptors (Lipinski definition) is 4. The Bertz CT molecular complexity index is 908. The average molecular weight is 387 g/mol. The summed E-state index contributed by atoms with van der Waals surface area (Å²) in [4.78, 5) is 11.6. The van der Waals surface area contributed by atoms with Gasteiger partial charge in [-0.05, 0) is 36.8 Å². The minimum atomic E-state index is -0.0823. The molecule has 0 spiro atoms. The van der Waals surface area contributed by atoms with Crippen LogP contribution in [0.1, 0.15) is 22.8 Å². The number of amides is 1. The van der Waals surface area contributed by atoms with Gasteiger partial charge in [0, 0.05) is 35.5 Å². The van der Waals surface area contributed by atoms with E-state index in [0.717, 1.165) is 34.4 Å². The van der Waals surface area contributed by atoms with Gasteiger partial charge in [-0.15, -0.1) is 10.2 Å². The van der Waals surface area contributed by atoms with Crippen molar-refractivity contribution in [2.45, 2.75) is 24.4 Å². The molecule has 1 aromatic heterocycles. The molecule has 0 aliphatic heterocycles. The highest BCUT2D eigenvalue weighted by Gasteiger charge is 2.13. The SMILES string of the molecule is CCn1c(SCc2ccc(C(=O)NC)cc2)nnc1-c1cccc(Cl)c1. The summed E-state index contributed by atoms with van der Waals surface area (Å²) in [6.45, 7) is 2.84. The molecular formula is C19H19ClN4OS. The van der Waals surface area contributed by atoms with Gasteiger partial charge in [0.05, 0.1) is 0 Å². The number of carbonyl (C=O) groups excluding carboxylic acids is 1. The molecule has 0 bridgehead atoms. The molecule has 0 saturated heterocycles. The van der Waals surface area contributed by atoms with Gasteiger partial charge >= 0.3 is 0 Å². The molecule has 26 heavy (non-hydrogen) atoms. The zero-order valence-corrected chi connectivity index (χ0v) is 16.1. The summed E-state index contributed by atoms with van der Waals surface area (Å²) < 4.78 is 2.08. The fraction of sp³-hybridized carbons (Fsp3) is 0.211. The maximum atomic E-state index is 11.6. The molecule has 1 N–H and O–H groups in total. The van der Waals surface area contributed by atoms with Crippen molar-refractivity contribution in [2.75, 3.05) is 7.05 Å². The first-order valence-corrected chi connectivity index (χ1v) is 9.61. The van der Waals surface area contributed by atoms with Gasteiger partial charge in [0.15, 0.2) is 11.0 Å². The molecule has 134 valence electrons. The number of nitrogens with zero attached hydrogens (tertiary/aromatic N) is 3. The molecule has 1 amide bonds. The molecule has 7 heteroatoms. The summed E-state index contributed by atoms with van der Waals surface area (Å²) in [5, 5.41) is 12.8. The minimum absolute atomic E-state index is 0.0823. The average Bonchev–Trinajstić information content (AvgIpc) is 3.09. The second-order valence-electron chi connectivity index (χ2n) is 5.63. The van der Waals surface area contributed by atoms with Crippen molar-refractivity contribution in [1.29, 1.82) is 0 Å². The van der Waals surface area contributed by atoms with Crippen molar-refractivity contribution >= 4 is 29.3 Å². The first-order valence-electron chi connectivity index (χ1n) is 8.25. The third-order valence-corrected chi connectivity index (χ3v) is 5.20. The normalized spacial score (nSPS) is 10.7. The summed E-state index contributed by atoms with van der Waals surface area (Å²) in [5.74, 6) is 1.48. The van der Waals surface area contributed by atoms with Gasteiger partial charge in [0.2, 0.25) is 0 Å². The Morgan fingerprint density at radius 2 is 1.96 bits per heavy atom. The standard InChI is InChI=1S/C19H19ClN4OS/c1-3-24-17(15-5-4-6-16(20)11-15)22-23-19(24)26-12-13-7-9-14(10-8-13)18(25)21-2/h4-11H,3,12H2,1-2H3,(H,21,25). The second kappa shape index (κ2) is 8.38. The maximum Gasteiger partial charge on any atom is 0.251 e. The number of hydrogen-bond donors (Lipinski definition) is 1. The number of carbonyl (C=O) groups is 1. The highest BCUT2D eigenvalue weighted by molar-refractivity contribution is 7.98. The van der Waals surface area contributed by atoms with E-state index < -0.39 is 0 Å². The van der Waals surface area contributed by atoms with E-state index in [-0.39, 0.29) is 5.91 Å². The predicted molar refractivity (Wildman–Crippen MR) is 106 cm³/mol. The van der Waals surface area contributed by atoms with Gasteiger partial charge in [-0.1, -0.05) is 47.6 Å². The highest BCUT2D eigenvalue weighted by Crippen LogP contribution is 2.27. The zero-order chi connectivity index (χ0) is 18.5. The van der Waals surface area contributed by atoms with Crippen LogP contribution < -0.4 is 5.32 Å². The van der Waals surface area contributed by atoms with Gasteiger partial charge in [0.25, 0.3) is 5.91 Å². The predicted octanol–water partition coefficient (Wildman–Crippen LogP) is 4.27. The van der Waals surface area contributed by atoms with Crippen molar-refractivity contribution in [1.82, 2.24) is 20.1 Å². The van der Waals surface area contributed by atoms with Gasteiger partial charge in [-0.2, -0.15) is 0 Å². The molecule has 0 fully saturated rings. The molecule has 0 unspecified atom stereocenters. The van der Waals surface area contributed by atoms with E-state index in [1.54, 1.807) is 18.8 Å². The van der Waals surface area contributed by atoms with E-state index in [1.807, 2.05) is 48.5 Å².